The lowest BCUT2D eigenvalue weighted by molar-refractivity contribution is -0.147. The van der Waals surface area contributed by atoms with E-state index in [1.165, 1.54) is 20.8 Å². The van der Waals surface area contributed by atoms with Crippen LogP contribution in [-0.4, -0.2) is 60.7 Å². The SMILES string of the molecule is CC(C)(C)N(C(=O)O)[C@@H](CC(=O)NNC1=NCCn2c1nnc2C(F)(F)F)Cc1cc(F)c(F)cc1F. The summed E-state index contributed by atoms with van der Waals surface area (Å²) in [7, 11) is 0. The zero-order valence-corrected chi connectivity index (χ0v) is 19.8. The Morgan fingerprint density at radius 2 is 1.76 bits per heavy atom. The van der Waals surface area contributed by atoms with Crippen molar-refractivity contribution in [1.82, 2.24) is 30.5 Å². The molecule has 0 fully saturated rings. The van der Waals surface area contributed by atoms with E-state index in [9.17, 15) is 41.0 Å². The Kier molecular flexibility index (Phi) is 7.69. The first kappa shape index (κ1) is 27.7. The van der Waals surface area contributed by atoms with Gasteiger partial charge in [-0.05, 0) is 38.8 Å². The Balaban J connectivity index is 1.80. The molecule has 0 saturated heterocycles. The van der Waals surface area contributed by atoms with Gasteiger partial charge in [-0.15, -0.1) is 10.2 Å². The lowest BCUT2D eigenvalue weighted by Gasteiger charge is -2.39. The number of nitrogens with zero attached hydrogens (tertiary/aromatic N) is 5. The van der Waals surface area contributed by atoms with Gasteiger partial charge >= 0.3 is 12.3 Å². The van der Waals surface area contributed by atoms with Crippen molar-refractivity contribution in [1.29, 1.82) is 0 Å². The van der Waals surface area contributed by atoms with Gasteiger partial charge in [0.15, 0.2) is 17.5 Å². The van der Waals surface area contributed by atoms with Gasteiger partial charge in [-0.3, -0.25) is 30.1 Å². The largest absolute Gasteiger partial charge is 0.465 e. The standard InChI is InChI=1S/C21H23F6N7O3/c1-20(2,3)34(19(36)37)11(6-10-7-13(23)14(24)9-12(10)22)8-15(35)29-30-16-17-31-32-18(21(25,26)27)33(17)5-4-28-16/h7,9,11H,4-6,8H2,1-3H3,(H,28,30)(H,29,35)(H,36,37)/t11-/m1/s1. The highest BCUT2D eigenvalue weighted by atomic mass is 19.4. The number of hydrogen-bond acceptors (Lipinski definition) is 6. The second kappa shape index (κ2) is 10.3. The molecule has 2 amide bonds. The van der Waals surface area contributed by atoms with Crippen LogP contribution in [0.2, 0.25) is 0 Å². The summed E-state index contributed by atoms with van der Waals surface area (Å²) in [5.74, 6) is -6.48. The highest BCUT2D eigenvalue weighted by molar-refractivity contribution is 5.97. The molecule has 1 aliphatic heterocycles. The summed E-state index contributed by atoms with van der Waals surface area (Å²) in [4.78, 5) is 29.6. The normalized spacial score (nSPS) is 14.5. The van der Waals surface area contributed by atoms with Crippen molar-refractivity contribution in [3.63, 3.8) is 0 Å². The van der Waals surface area contributed by atoms with Crippen LogP contribution >= 0.6 is 0 Å². The number of hydrogen-bond donors (Lipinski definition) is 3. The number of carboxylic acid groups (broad SMARTS) is 1. The predicted molar refractivity (Wildman–Crippen MR) is 116 cm³/mol. The molecule has 10 nitrogen and oxygen atoms in total. The monoisotopic (exact) mass is 535 g/mol. The van der Waals surface area contributed by atoms with Crippen LogP contribution in [-0.2, 0) is 23.9 Å². The van der Waals surface area contributed by atoms with E-state index in [0.717, 1.165) is 9.47 Å². The lowest BCUT2D eigenvalue weighted by atomic mass is 9.95. The second-order valence-corrected chi connectivity index (χ2v) is 9.14. The number of aliphatic imine (C=N–C) groups is 1. The minimum Gasteiger partial charge on any atom is -0.465 e. The van der Waals surface area contributed by atoms with Gasteiger partial charge in [0.1, 0.15) is 5.82 Å². The number of halogens is 6. The van der Waals surface area contributed by atoms with Crippen LogP contribution in [0.4, 0.5) is 31.1 Å². The van der Waals surface area contributed by atoms with Crippen molar-refractivity contribution in [2.24, 2.45) is 4.99 Å². The summed E-state index contributed by atoms with van der Waals surface area (Å²) in [5, 5.41) is 16.4. The summed E-state index contributed by atoms with van der Waals surface area (Å²) in [6.45, 7) is 4.35. The maximum Gasteiger partial charge on any atom is 0.451 e. The minimum atomic E-state index is -4.76. The third kappa shape index (κ3) is 6.29. The van der Waals surface area contributed by atoms with E-state index in [-0.39, 0.29) is 30.3 Å². The molecule has 3 N–H and O–H groups in total. The molecular weight excluding hydrogens is 512 g/mol. The Bertz CT molecular complexity index is 1220. The van der Waals surface area contributed by atoms with Crippen LogP contribution in [0.25, 0.3) is 0 Å². The van der Waals surface area contributed by atoms with Crippen molar-refractivity contribution < 1.29 is 41.0 Å². The van der Waals surface area contributed by atoms with E-state index in [1.807, 2.05) is 0 Å². The summed E-state index contributed by atoms with van der Waals surface area (Å²) in [6.07, 6.45) is -7.27. The van der Waals surface area contributed by atoms with Gasteiger partial charge in [-0.1, -0.05) is 0 Å². The van der Waals surface area contributed by atoms with Gasteiger partial charge in [0.25, 0.3) is 0 Å². The van der Waals surface area contributed by atoms with Gasteiger partial charge in [0.05, 0.1) is 6.54 Å². The number of rotatable bonds is 5. The summed E-state index contributed by atoms with van der Waals surface area (Å²) >= 11 is 0. The van der Waals surface area contributed by atoms with E-state index in [4.69, 9.17) is 0 Å². The highest BCUT2D eigenvalue weighted by Crippen LogP contribution is 2.29. The molecule has 1 aromatic carbocycles. The predicted octanol–water partition coefficient (Wildman–Crippen LogP) is 2.88. The Hall–Kier alpha value is -3.85. The first-order valence-corrected chi connectivity index (χ1v) is 10.8. The molecule has 0 bridgehead atoms. The molecule has 2 aromatic rings. The number of aromatic nitrogens is 3. The molecule has 0 spiro atoms. The summed E-state index contributed by atoms with van der Waals surface area (Å²) in [5.41, 5.74) is 3.12. The maximum absolute atomic E-state index is 14.3. The van der Waals surface area contributed by atoms with Crippen LogP contribution in [0.1, 0.15) is 44.4 Å². The van der Waals surface area contributed by atoms with Crippen molar-refractivity contribution in [3.05, 3.63) is 46.8 Å². The molecule has 1 aromatic heterocycles. The van der Waals surface area contributed by atoms with Crippen molar-refractivity contribution in [2.75, 3.05) is 6.54 Å². The fraction of sp³-hybridized carbons (Fsp3) is 0.476. The molecule has 0 radical (unpaired) electrons. The van der Waals surface area contributed by atoms with Crippen LogP contribution < -0.4 is 10.9 Å². The molecule has 37 heavy (non-hydrogen) atoms. The van der Waals surface area contributed by atoms with Gasteiger partial charge in [-0.25, -0.2) is 18.0 Å². The van der Waals surface area contributed by atoms with Crippen LogP contribution in [0.5, 0.6) is 0 Å². The van der Waals surface area contributed by atoms with Crippen molar-refractivity contribution in [3.8, 4) is 0 Å². The number of carbonyl (C=O) groups is 2. The van der Waals surface area contributed by atoms with E-state index in [0.29, 0.717) is 12.1 Å². The zero-order chi connectivity index (χ0) is 27.7. The van der Waals surface area contributed by atoms with Gasteiger partial charge < -0.3 is 5.11 Å². The number of amides is 2. The number of hydrazine groups is 1. The molecule has 16 heteroatoms. The molecule has 1 atom stereocenters. The molecule has 3 rings (SSSR count). The number of alkyl halides is 3. The molecule has 0 unspecified atom stereocenters. The fourth-order valence-electron chi connectivity index (χ4n) is 3.94. The lowest BCUT2D eigenvalue weighted by Crippen LogP contribution is -2.54. The number of amidine groups is 1. The number of carbonyl (C=O) groups excluding carboxylic acids is 1. The smallest absolute Gasteiger partial charge is 0.451 e. The summed E-state index contributed by atoms with van der Waals surface area (Å²) in [6, 6.07) is -0.344. The van der Waals surface area contributed by atoms with E-state index < -0.39 is 65.9 Å². The Morgan fingerprint density at radius 1 is 1.11 bits per heavy atom. The minimum absolute atomic E-state index is 0.0683. The van der Waals surface area contributed by atoms with Crippen molar-refractivity contribution >= 4 is 17.8 Å². The highest BCUT2D eigenvalue weighted by Gasteiger charge is 2.40. The maximum atomic E-state index is 14.3. The van der Waals surface area contributed by atoms with Gasteiger partial charge in [0.2, 0.25) is 17.6 Å². The van der Waals surface area contributed by atoms with Gasteiger partial charge in [0, 0.05) is 30.6 Å². The third-order valence-electron chi connectivity index (χ3n) is 5.39. The third-order valence-corrected chi connectivity index (χ3v) is 5.39. The Labute approximate surface area is 206 Å². The van der Waals surface area contributed by atoms with Crippen LogP contribution in [0.3, 0.4) is 0 Å². The molecule has 202 valence electrons. The van der Waals surface area contributed by atoms with Crippen LogP contribution in [0, 0.1) is 17.5 Å². The molecule has 1 aliphatic rings. The van der Waals surface area contributed by atoms with Crippen LogP contribution in [0.15, 0.2) is 17.1 Å². The molecule has 0 saturated carbocycles. The average Bonchev–Trinajstić information content (AvgIpc) is 3.20. The van der Waals surface area contributed by atoms with Gasteiger partial charge in [-0.2, -0.15) is 13.2 Å². The topological polar surface area (TPSA) is 125 Å². The van der Waals surface area contributed by atoms with Crippen molar-refractivity contribution in [2.45, 2.75) is 57.9 Å². The zero-order valence-electron chi connectivity index (χ0n) is 19.8. The number of nitrogens with one attached hydrogen (secondary N) is 2. The number of fused-ring (bicyclic) bond motifs is 1. The van der Waals surface area contributed by atoms with E-state index >= 15 is 0 Å². The Morgan fingerprint density at radius 3 is 2.35 bits per heavy atom. The quantitative estimate of drug-likeness (QED) is 0.307. The summed E-state index contributed by atoms with van der Waals surface area (Å²) < 4.78 is 81.5. The number of benzene rings is 1. The second-order valence-electron chi connectivity index (χ2n) is 9.14. The molecule has 0 aliphatic carbocycles. The first-order chi connectivity index (χ1) is 17.1. The van der Waals surface area contributed by atoms with E-state index in [1.54, 1.807) is 0 Å². The molecule has 2 heterocycles. The average molecular weight is 535 g/mol. The first-order valence-electron chi connectivity index (χ1n) is 10.8. The fourth-order valence-corrected chi connectivity index (χ4v) is 3.94. The van der Waals surface area contributed by atoms with E-state index in [2.05, 4.69) is 26.0 Å². The molecular formula is C21H23F6N7O3.